The maximum absolute atomic E-state index is 12.5. The molecule has 3 N–H and O–H groups in total. The third-order valence-electron chi connectivity index (χ3n) is 15.5. The maximum atomic E-state index is 12.5. The highest BCUT2D eigenvalue weighted by Crippen LogP contribution is 2.17. The van der Waals surface area contributed by atoms with Gasteiger partial charge in [-0.2, -0.15) is 0 Å². The van der Waals surface area contributed by atoms with E-state index in [4.69, 9.17) is 0 Å². The van der Waals surface area contributed by atoms with Gasteiger partial charge in [-0.25, -0.2) is 0 Å². The van der Waals surface area contributed by atoms with Crippen LogP contribution >= 0.6 is 0 Å². The summed E-state index contributed by atoms with van der Waals surface area (Å²) in [6, 6.07) is -0.664. The summed E-state index contributed by atoms with van der Waals surface area (Å²) in [5, 5.41) is 23.3. The van der Waals surface area contributed by atoms with Gasteiger partial charge in [-0.15, -0.1) is 0 Å². The molecule has 0 saturated carbocycles. The van der Waals surface area contributed by atoms with Crippen LogP contribution in [0, 0.1) is 0 Å². The molecular formula is C80H135NO3. The number of nitrogens with one attached hydrogen (secondary N) is 1. The Kier molecular flexibility index (Phi) is 69.8. The molecule has 0 aromatic heterocycles. The van der Waals surface area contributed by atoms with E-state index in [0.717, 1.165) is 116 Å². The summed E-state index contributed by atoms with van der Waals surface area (Å²) in [4.78, 5) is 12.5. The third kappa shape index (κ3) is 68.8. The number of hydrogen-bond acceptors (Lipinski definition) is 3. The molecule has 0 bridgehead atoms. The molecule has 0 spiro atoms. The van der Waals surface area contributed by atoms with Gasteiger partial charge in [0.15, 0.2) is 0 Å². The second kappa shape index (κ2) is 73.3. The lowest BCUT2D eigenvalue weighted by atomic mass is 10.0. The first-order valence-corrected chi connectivity index (χ1v) is 35.7. The molecule has 2 atom stereocenters. The van der Waals surface area contributed by atoms with Crippen LogP contribution in [0.3, 0.4) is 0 Å². The molecule has 2 unspecified atom stereocenters. The number of hydrogen-bond donors (Lipinski definition) is 3. The van der Waals surface area contributed by atoms with Crippen molar-refractivity contribution in [3.05, 3.63) is 158 Å². The fourth-order valence-corrected chi connectivity index (χ4v) is 10.1. The van der Waals surface area contributed by atoms with E-state index in [1.165, 1.54) is 186 Å². The molecule has 0 saturated heterocycles. The second-order valence-corrected chi connectivity index (χ2v) is 23.6. The molecule has 0 aromatic carbocycles. The van der Waals surface area contributed by atoms with Crippen LogP contribution in [-0.2, 0) is 4.79 Å². The number of allylic oxidation sites excluding steroid dienone is 25. The van der Waals surface area contributed by atoms with Crippen molar-refractivity contribution in [1.29, 1.82) is 0 Å². The van der Waals surface area contributed by atoms with Crippen molar-refractivity contribution in [2.45, 2.75) is 334 Å². The van der Waals surface area contributed by atoms with Crippen LogP contribution in [0.2, 0.25) is 0 Å². The fourth-order valence-electron chi connectivity index (χ4n) is 10.1. The SMILES string of the molecule is CC/C=C\C/C=C\C/C=C\C/C=C\C/C=C\C/C=C\C/C=C\C/C=C\C/C=C\C/C=C\CCCCCCCCCCC(=O)NC(CO)C(O)/C=C/CC/C=C/CC/C=C/CCCCCCCCCCCCCCCCCCCCCCCCC. The van der Waals surface area contributed by atoms with E-state index in [1.54, 1.807) is 6.08 Å². The first-order chi connectivity index (χ1) is 41.7. The Morgan fingerprint density at radius 1 is 0.298 bits per heavy atom. The van der Waals surface area contributed by atoms with E-state index >= 15 is 0 Å². The molecule has 0 aliphatic carbocycles. The number of aliphatic hydroxyl groups is 2. The summed E-state index contributed by atoms with van der Waals surface area (Å²) < 4.78 is 0. The number of aliphatic hydroxyl groups excluding tert-OH is 2. The van der Waals surface area contributed by atoms with Gasteiger partial charge >= 0.3 is 0 Å². The standard InChI is InChI=1S/C80H135NO3/c1-3-5-7-9-11-13-15-17-19-21-23-25-27-29-31-33-35-37-38-39-40-41-42-44-46-48-50-52-54-56-58-60-62-64-66-68-70-72-74-76-80(84)81-78(77-82)79(83)75-73-71-69-67-65-63-61-59-57-55-53-51-49-47-45-43-36-34-32-30-28-26-24-22-20-18-16-14-12-10-8-6-4-2/h5,7,11,13,17,19,23,25,29,31,35,37,39-40,42,44,48,50,54,56-57,59,65,67,73,75,78-79,82-83H,3-4,6,8-10,12,14-16,18,20-22,24,26-28,30,32-34,36,38,41,43,45-47,49,51-53,55,58,60-64,66,68-72,74,76-77H2,1-2H3,(H,81,84)/b7-5-,13-11-,19-17-,25-23-,31-29-,37-35-,40-39-,44-42-,50-48-,56-54-,59-57+,67-65+,75-73+. The predicted molar refractivity (Wildman–Crippen MR) is 377 cm³/mol. The van der Waals surface area contributed by atoms with Gasteiger partial charge in [0.2, 0.25) is 5.91 Å². The van der Waals surface area contributed by atoms with E-state index in [2.05, 4.69) is 165 Å². The molecule has 84 heavy (non-hydrogen) atoms. The lowest BCUT2D eigenvalue weighted by Crippen LogP contribution is -2.45. The van der Waals surface area contributed by atoms with Gasteiger partial charge in [-0.05, 0) is 122 Å². The molecule has 0 fully saturated rings. The van der Waals surface area contributed by atoms with Crippen LogP contribution < -0.4 is 5.32 Å². The minimum absolute atomic E-state index is 0.0904. The monoisotopic (exact) mass is 1160 g/mol. The van der Waals surface area contributed by atoms with Crippen LogP contribution in [0.1, 0.15) is 322 Å². The first kappa shape index (κ1) is 80.0. The molecule has 0 aliphatic rings. The van der Waals surface area contributed by atoms with E-state index in [-0.39, 0.29) is 12.5 Å². The Morgan fingerprint density at radius 3 is 0.833 bits per heavy atom. The zero-order valence-electron chi connectivity index (χ0n) is 55.1. The second-order valence-electron chi connectivity index (χ2n) is 23.6. The lowest BCUT2D eigenvalue weighted by Gasteiger charge is -2.19. The minimum Gasteiger partial charge on any atom is -0.394 e. The number of rotatable bonds is 64. The fraction of sp³-hybridized carbons (Fsp3) is 0.662. The van der Waals surface area contributed by atoms with Crippen LogP contribution in [0.5, 0.6) is 0 Å². The Balaban J connectivity index is 3.62. The summed E-state index contributed by atoms with van der Waals surface area (Å²) in [5.74, 6) is -0.0904. The Morgan fingerprint density at radius 2 is 0.536 bits per heavy atom. The van der Waals surface area contributed by atoms with Gasteiger partial charge in [0.05, 0.1) is 18.8 Å². The van der Waals surface area contributed by atoms with Crippen LogP contribution in [0.25, 0.3) is 0 Å². The summed E-state index contributed by atoms with van der Waals surface area (Å²) >= 11 is 0. The number of carbonyl (C=O) groups is 1. The van der Waals surface area contributed by atoms with Crippen molar-refractivity contribution < 1.29 is 15.0 Å². The van der Waals surface area contributed by atoms with Crippen LogP contribution in [-0.4, -0.2) is 34.9 Å². The third-order valence-corrected chi connectivity index (χ3v) is 15.5. The molecule has 478 valence electrons. The van der Waals surface area contributed by atoms with Gasteiger partial charge in [-0.1, -0.05) is 352 Å². The van der Waals surface area contributed by atoms with Gasteiger partial charge in [0.25, 0.3) is 0 Å². The van der Waals surface area contributed by atoms with Gasteiger partial charge in [-0.3, -0.25) is 4.79 Å². The quantitative estimate of drug-likeness (QED) is 0.0420. The molecule has 0 aromatic rings. The zero-order chi connectivity index (χ0) is 60.5. The number of carbonyl (C=O) groups excluding carboxylic acids is 1. The van der Waals surface area contributed by atoms with Crippen molar-refractivity contribution in [2.75, 3.05) is 6.61 Å². The minimum atomic E-state index is -0.887. The molecule has 0 aliphatic heterocycles. The van der Waals surface area contributed by atoms with Crippen LogP contribution in [0.15, 0.2) is 158 Å². The van der Waals surface area contributed by atoms with E-state index in [0.29, 0.717) is 6.42 Å². The van der Waals surface area contributed by atoms with Crippen molar-refractivity contribution in [3.63, 3.8) is 0 Å². The van der Waals surface area contributed by atoms with Crippen LogP contribution in [0.4, 0.5) is 0 Å². The van der Waals surface area contributed by atoms with Gasteiger partial charge in [0.1, 0.15) is 0 Å². The molecule has 0 heterocycles. The van der Waals surface area contributed by atoms with Crippen molar-refractivity contribution in [2.24, 2.45) is 0 Å². The summed E-state index contributed by atoms with van der Waals surface area (Å²) in [5.41, 5.74) is 0. The van der Waals surface area contributed by atoms with Crippen molar-refractivity contribution in [1.82, 2.24) is 5.32 Å². The Bertz CT molecular complexity index is 1750. The summed E-state index contributed by atoms with van der Waals surface area (Å²) in [6.45, 7) is 4.19. The van der Waals surface area contributed by atoms with E-state index < -0.39 is 12.1 Å². The van der Waals surface area contributed by atoms with Gasteiger partial charge < -0.3 is 15.5 Å². The predicted octanol–water partition coefficient (Wildman–Crippen LogP) is 24.8. The molecule has 1 amide bonds. The molecule has 4 heteroatoms. The van der Waals surface area contributed by atoms with Gasteiger partial charge in [0, 0.05) is 6.42 Å². The summed E-state index contributed by atoms with van der Waals surface area (Å²) in [7, 11) is 0. The highest BCUT2D eigenvalue weighted by atomic mass is 16.3. The molecular weight excluding hydrogens is 1020 g/mol. The average molecular weight is 1160 g/mol. The normalized spacial score (nSPS) is 13.7. The topological polar surface area (TPSA) is 69.6 Å². The van der Waals surface area contributed by atoms with Crippen molar-refractivity contribution >= 4 is 5.91 Å². The largest absolute Gasteiger partial charge is 0.394 e. The molecule has 4 nitrogen and oxygen atoms in total. The summed E-state index contributed by atoms with van der Waals surface area (Å²) in [6.07, 6.45) is 116. The van der Waals surface area contributed by atoms with Crippen molar-refractivity contribution in [3.8, 4) is 0 Å². The number of unbranched alkanes of at least 4 members (excludes halogenated alkanes) is 33. The average Bonchev–Trinajstić information content (AvgIpc) is 3.51. The first-order valence-electron chi connectivity index (χ1n) is 35.7. The number of amides is 1. The highest BCUT2D eigenvalue weighted by Gasteiger charge is 2.18. The lowest BCUT2D eigenvalue weighted by molar-refractivity contribution is -0.123. The highest BCUT2D eigenvalue weighted by molar-refractivity contribution is 5.76. The molecule has 0 radical (unpaired) electrons. The zero-order valence-corrected chi connectivity index (χ0v) is 55.1. The van der Waals surface area contributed by atoms with E-state index in [1.807, 2.05) is 6.08 Å². The smallest absolute Gasteiger partial charge is 0.220 e. The molecule has 0 rings (SSSR count). The Hall–Kier alpha value is -3.99. The van der Waals surface area contributed by atoms with E-state index in [9.17, 15) is 15.0 Å². The maximum Gasteiger partial charge on any atom is 0.220 e. The Labute approximate surface area is 522 Å².